The number of anilines is 1. The quantitative estimate of drug-likeness (QED) is 0.836. The van der Waals surface area contributed by atoms with Gasteiger partial charge in [0.25, 0.3) is 5.91 Å². The fourth-order valence-electron chi connectivity index (χ4n) is 2.13. The third-order valence-corrected chi connectivity index (χ3v) is 3.63. The first-order valence-corrected chi connectivity index (χ1v) is 6.54. The Morgan fingerprint density at radius 3 is 2.65 bits per heavy atom. The van der Waals surface area contributed by atoms with Crippen molar-refractivity contribution in [1.29, 1.82) is 0 Å². The van der Waals surface area contributed by atoms with Crippen molar-refractivity contribution in [3.63, 3.8) is 0 Å². The molecule has 1 saturated carbocycles. The molecule has 1 amide bonds. The van der Waals surface area contributed by atoms with Crippen molar-refractivity contribution in [2.24, 2.45) is 11.8 Å². The molecule has 3 N–H and O–H groups in total. The summed E-state index contributed by atoms with van der Waals surface area (Å²) < 4.78 is 38.1. The number of carbonyl (C=O) groups excluding carboxylic acids is 1. The molecule has 3 nitrogen and oxygen atoms in total. The molecule has 1 aliphatic rings. The number of amides is 1. The van der Waals surface area contributed by atoms with Crippen molar-refractivity contribution >= 4 is 11.6 Å². The third kappa shape index (κ3) is 3.43. The van der Waals surface area contributed by atoms with E-state index in [0.29, 0.717) is 18.4 Å². The Bertz CT molecular complexity index is 510. The van der Waals surface area contributed by atoms with Gasteiger partial charge in [-0.1, -0.05) is 6.92 Å². The molecule has 0 aromatic heterocycles. The van der Waals surface area contributed by atoms with Gasteiger partial charge in [-0.05, 0) is 42.9 Å². The van der Waals surface area contributed by atoms with Crippen LogP contribution in [0.1, 0.15) is 35.7 Å². The molecule has 0 aliphatic heterocycles. The van der Waals surface area contributed by atoms with Gasteiger partial charge in [0.05, 0.1) is 5.56 Å². The Hall–Kier alpha value is -1.72. The summed E-state index contributed by atoms with van der Waals surface area (Å²) >= 11 is 0. The number of benzene rings is 1. The van der Waals surface area contributed by atoms with Gasteiger partial charge in [0.1, 0.15) is 0 Å². The number of nitrogen functional groups attached to an aromatic ring is 1. The summed E-state index contributed by atoms with van der Waals surface area (Å²) in [5.41, 5.74) is 3.93. The number of carbonyl (C=O) groups is 1. The summed E-state index contributed by atoms with van der Waals surface area (Å²) in [6.07, 6.45) is -2.23. The van der Waals surface area contributed by atoms with Crippen LogP contribution in [0.2, 0.25) is 0 Å². The molecule has 1 aromatic rings. The van der Waals surface area contributed by atoms with E-state index in [4.69, 9.17) is 5.73 Å². The topological polar surface area (TPSA) is 55.1 Å². The molecule has 6 heteroatoms. The average Bonchev–Trinajstić information content (AvgIpc) is 3.18. The summed E-state index contributed by atoms with van der Waals surface area (Å²) in [5.74, 6) is 0.491. The van der Waals surface area contributed by atoms with Crippen molar-refractivity contribution in [3.8, 4) is 0 Å². The van der Waals surface area contributed by atoms with Crippen molar-refractivity contribution < 1.29 is 18.0 Å². The second-order valence-electron chi connectivity index (χ2n) is 5.32. The Labute approximate surface area is 115 Å². The molecule has 20 heavy (non-hydrogen) atoms. The number of halogens is 3. The number of hydrogen-bond acceptors (Lipinski definition) is 2. The molecule has 0 bridgehead atoms. The van der Waals surface area contributed by atoms with Crippen LogP contribution >= 0.6 is 0 Å². The Balaban J connectivity index is 2.06. The highest BCUT2D eigenvalue weighted by molar-refractivity contribution is 5.94. The molecule has 1 aliphatic carbocycles. The highest BCUT2D eigenvalue weighted by Gasteiger charge is 2.33. The molecule has 1 atom stereocenters. The number of nitrogens with one attached hydrogen (secondary N) is 1. The molecule has 0 radical (unpaired) electrons. The van der Waals surface area contributed by atoms with Gasteiger partial charge in [0.2, 0.25) is 0 Å². The number of rotatable bonds is 4. The largest absolute Gasteiger partial charge is 0.418 e. The first-order chi connectivity index (χ1) is 9.29. The predicted molar refractivity (Wildman–Crippen MR) is 70.1 cm³/mol. The average molecular weight is 286 g/mol. The fraction of sp³-hybridized carbons (Fsp3) is 0.500. The van der Waals surface area contributed by atoms with Crippen LogP contribution in [0.4, 0.5) is 18.9 Å². The molecule has 110 valence electrons. The smallest absolute Gasteiger partial charge is 0.398 e. The van der Waals surface area contributed by atoms with Gasteiger partial charge in [0, 0.05) is 17.8 Å². The summed E-state index contributed by atoms with van der Waals surface area (Å²) in [7, 11) is 0. The molecule has 1 aromatic carbocycles. The van der Waals surface area contributed by atoms with Crippen LogP contribution in [-0.2, 0) is 6.18 Å². The van der Waals surface area contributed by atoms with Crippen molar-refractivity contribution in [1.82, 2.24) is 5.32 Å². The van der Waals surface area contributed by atoms with Crippen LogP contribution in [0.3, 0.4) is 0 Å². The van der Waals surface area contributed by atoms with Gasteiger partial charge in [-0.2, -0.15) is 13.2 Å². The summed E-state index contributed by atoms with van der Waals surface area (Å²) in [4.78, 5) is 11.9. The first-order valence-electron chi connectivity index (χ1n) is 6.54. The zero-order chi connectivity index (χ0) is 14.9. The number of alkyl halides is 3. The normalized spacial score (nSPS) is 16.8. The number of nitrogens with two attached hydrogens (primary N) is 1. The lowest BCUT2D eigenvalue weighted by Gasteiger charge is -2.14. The zero-order valence-electron chi connectivity index (χ0n) is 11.1. The lowest BCUT2D eigenvalue weighted by atomic mass is 10.1. The van der Waals surface area contributed by atoms with Crippen LogP contribution in [0.25, 0.3) is 0 Å². The van der Waals surface area contributed by atoms with E-state index in [9.17, 15) is 18.0 Å². The van der Waals surface area contributed by atoms with Crippen LogP contribution in [0.15, 0.2) is 18.2 Å². The van der Waals surface area contributed by atoms with Gasteiger partial charge in [-0.3, -0.25) is 4.79 Å². The van der Waals surface area contributed by atoms with E-state index in [0.717, 1.165) is 25.0 Å². The maximum atomic E-state index is 12.7. The minimum Gasteiger partial charge on any atom is -0.398 e. The summed E-state index contributed by atoms with van der Waals surface area (Å²) in [5, 5.41) is 2.67. The molecule has 0 heterocycles. The minimum absolute atomic E-state index is 0.0190. The van der Waals surface area contributed by atoms with Crippen LogP contribution in [0, 0.1) is 11.8 Å². The summed E-state index contributed by atoms with van der Waals surface area (Å²) in [6, 6.07) is 3.22. The van der Waals surface area contributed by atoms with Gasteiger partial charge in [-0.25, -0.2) is 0 Å². The van der Waals surface area contributed by atoms with Gasteiger partial charge >= 0.3 is 6.18 Å². The highest BCUT2D eigenvalue weighted by Crippen LogP contribution is 2.36. The fourth-order valence-corrected chi connectivity index (χ4v) is 2.13. The van der Waals surface area contributed by atoms with E-state index in [-0.39, 0.29) is 11.3 Å². The van der Waals surface area contributed by atoms with E-state index in [1.165, 1.54) is 6.07 Å². The minimum atomic E-state index is -4.55. The molecule has 2 rings (SSSR count). The summed E-state index contributed by atoms with van der Waals surface area (Å²) in [6.45, 7) is 2.51. The highest BCUT2D eigenvalue weighted by atomic mass is 19.4. The lowest BCUT2D eigenvalue weighted by Crippen LogP contribution is -2.29. The van der Waals surface area contributed by atoms with Crippen molar-refractivity contribution in [2.75, 3.05) is 12.3 Å². The van der Waals surface area contributed by atoms with Crippen LogP contribution in [-0.4, -0.2) is 12.5 Å². The van der Waals surface area contributed by atoms with Gasteiger partial charge < -0.3 is 11.1 Å². The molecular weight excluding hydrogens is 269 g/mol. The Kier molecular flexibility index (Phi) is 3.92. The molecule has 1 unspecified atom stereocenters. The van der Waals surface area contributed by atoms with E-state index in [2.05, 4.69) is 5.32 Å². The monoisotopic (exact) mass is 286 g/mol. The second kappa shape index (κ2) is 5.34. The van der Waals surface area contributed by atoms with Crippen molar-refractivity contribution in [3.05, 3.63) is 29.3 Å². The second-order valence-corrected chi connectivity index (χ2v) is 5.32. The van der Waals surface area contributed by atoms with E-state index in [1.807, 2.05) is 6.92 Å². The number of hydrogen-bond donors (Lipinski definition) is 2. The van der Waals surface area contributed by atoms with Gasteiger partial charge in [0.15, 0.2) is 0 Å². The van der Waals surface area contributed by atoms with Gasteiger partial charge in [-0.15, -0.1) is 0 Å². The lowest BCUT2D eigenvalue weighted by molar-refractivity contribution is -0.136. The third-order valence-electron chi connectivity index (χ3n) is 3.63. The Morgan fingerprint density at radius 1 is 1.45 bits per heavy atom. The van der Waals surface area contributed by atoms with Crippen LogP contribution in [0.5, 0.6) is 0 Å². The van der Waals surface area contributed by atoms with E-state index in [1.54, 1.807) is 0 Å². The predicted octanol–water partition coefficient (Wildman–Crippen LogP) is 3.06. The molecule has 1 fully saturated rings. The SMILES string of the molecule is CC(CNC(=O)c1ccc(N)c(C(F)(F)F)c1)C1CC1. The van der Waals surface area contributed by atoms with E-state index >= 15 is 0 Å². The molecular formula is C14H17F3N2O. The van der Waals surface area contributed by atoms with E-state index < -0.39 is 17.6 Å². The maximum Gasteiger partial charge on any atom is 0.418 e. The maximum absolute atomic E-state index is 12.7. The zero-order valence-corrected chi connectivity index (χ0v) is 11.1. The standard InChI is InChI=1S/C14H17F3N2O/c1-8(9-2-3-9)7-19-13(20)10-4-5-12(18)11(6-10)14(15,16)17/h4-6,8-9H,2-3,7,18H2,1H3,(H,19,20). The first kappa shape index (κ1) is 14.7. The van der Waals surface area contributed by atoms with Crippen molar-refractivity contribution in [2.45, 2.75) is 25.9 Å². The van der Waals surface area contributed by atoms with Crippen LogP contribution < -0.4 is 11.1 Å². The Morgan fingerprint density at radius 2 is 2.10 bits per heavy atom. The molecule has 0 spiro atoms. The molecule has 0 saturated heterocycles.